The van der Waals surface area contributed by atoms with Crippen LogP contribution >= 0.6 is 0 Å². The molecule has 0 unspecified atom stereocenters. The zero-order valence-corrected chi connectivity index (χ0v) is 13.5. The van der Waals surface area contributed by atoms with E-state index in [1.54, 1.807) is 18.2 Å². The monoisotopic (exact) mass is 328 g/mol. The molecule has 126 valence electrons. The second kappa shape index (κ2) is 8.67. The first-order valence-corrected chi connectivity index (χ1v) is 7.75. The normalized spacial score (nSPS) is 10.2. The van der Waals surface area contributed by atoms with Crippen LogP contribution in [0, 0.1) is 17.0 Å². The van der Waals surface area contributed by atoms with Gasteiger partial charge in [0.25, 0.3) is 0 Å². The van der Waals surface area contributed by atoms with Gasteiger partial charge in [-0.1, -0.05) is 42.0 Å². The van der Waals surface area contributed by atoms with E-state index in [4.69, 9.17) is 4.74 Å². The number of aryl methyl sites for hydroxylation is 1. The van der Waals surface area contributed by atoms with Crippen LogP contribution in [0.5, 0.6) is 5.75 Å². The van der Waals surface area contributed by atoms with Crippen LogP contribution in [-0.4, -0.2) is 17.4 Å². The SMILES string of the molecule is Cc1ccc(CNC(=O)CCCOc2ccccc2[N+](=O)[O-])cc1. The van der Waals surface area contributed by atoms with Crippen LogP contribution in [0.4, 0.5) is 5.69 Å². The first-order valence-electron chi connectivity index (χ1n) is 7.75. The summed E-state index contributed by atoms with van der Waals surface area (Å²) >= 11 is 0. The standard InChI is InChI=1S/C18H20N2O4/c1-14-8-10-15(11-9-14)13-19-18(21)7-4-12-24-17-6-3-2-5-16(17)20(22)23/h2-3,5-6,8-11H,4,7,12-13H2,1H3,(H,19,21). The third kappa shape index (κ3) is 5.39. The second-order valence-corrected chi connectivity index (χ2v) is 5.44. The van der Waals surface area contributed by atoms with Crippen molar-refractivity contribution in [1.82, 2.24) is 5.32 Å². The van der Waals surface area contributed by atoms with Crippen LogP contribution in [0.2, 0.25) is 0 Å². The van der Waals surface area contributed by atoms with Gasteiger partial charge in [-0.05, 0) is 25.0 Å². The minimum atomic E-state index is -0.483. The fraction of sp³-hybridized carbons (Fsp3) is 0.278. The fourth-order valence-electron chi connectivity index (χ4n) is 2.14. The molecule has 0 aliphatic heterocycles. The van der Waals surface area contributed by atoms with E-state index < -0.39 is 4.92 Å². The number of amides is 1. The Labute approximate surface area is 140 Å². The Kier molecular flexibility index (Phi) is 6.31. The Morgan fingerprint density at radius 1 is 1.17 bits per heavy atom. The molecule has 2 aromatic rings. The number of rotatable bonds is 8. The van der Waals surface area contributed by atoms with Gasteiger partial charge in [0.1, 0.15) is 0 Å². The van der Waals surface area contributed by atoms with E-state index in [2.05, 4.69) is 5.32 Å². The van der Waals surface area contributed by atoms with Crippen molar-refractivity contribution >= 4 is 11.6 Å². The molecule has 1 N–H and O–H groups in total. The zero-order valence-electron chi connectivity index (χ0n) is 13.5. The molecular weight excluding hydrogens is 308 g/mol. The first-order chi connectivity index (χ1) is 11.6. The number of carbonyl (C=O) groups is 1. The quantitative estimate of drug-likeness (QED) is 0.457. The lowest BCUT2D eigenvalue weighted by atomic mass is 10.1. The molecule has 0 saturated heterocycles. The Balaban J connectivity index is 1.69. The van der Waals surface area contributed by atoms with Gasteiger partial charge in [-0.3, -0.25) is 14.9 Å². The molecule has 6 heteroatoms. The summed E-state index contributed by atoms with van der Waals surface area (Å²) in [7, 11) is 0. The molecule has 1 amide bonds. The number of ether oxygens (including phenoxy) is 1. The molecule has 0 bridgehead atoms. The highest BCUT2D eigenvalue weighted by atomic mass is 16.6. The molecule has 0 atom stereocenters. The third-order valence-corrected chi connectivity index (χ3v) is 3.48. The second-order valence-electron chi connectivity index (χ2n) is 5.44. The Morgan fingerprint density at radius 3 is 2.58 bits per heavy atom. The van der Waals surface area contributed by atoms with Crippen molar-refractivity contribution in [1.29, 1.82) is 0 Å². The highest BCUT2D eigenvalue weighted by Crippen LogP contribution is 2.25. The molecule has 0 radical (unpaired) electrons. The Hall–Kier alpha value is -2.89. The van der Waals surface area contributed by atoms with Gasteiger partial charge >= 0.3 is 5.69 Å². The minimum Gasteiger partial charge on any atom is -0.487 e. The van der Waals surface area contributed by atoms with E-state index in [1.807, 2.05) is 31.2 Å². The molecule has 2 rings (SSSR count). The molecule has 0 saturated carbocycles. The largest absolute Gasteiger partial charge is 0.487 e. The maximum absolute atomic E-state index is 11.8. The lowest BCUT2D eigenvalue weighted by Gasteiger charge is -2.07. The average molecular weight is 328 g/mol. The zero-order chi connectivity index (χ0) is 17.4. The molecule has 0 heterocycles. The van der Waals surface area contributed by atoms with E-state index in [-0.39, 0.29) is 24.0 Å². The van der Waals surface area contributed by atoms with Crippen molar-refractivity contribution in [3.8, 4) is 5.75 Å². The number of hydrogen-bond acceptors (Lipinski definition) is 4. The van der Waals surface area contributed by atoms with E-state index in [0.29, 0.717) is 19.4 Å². The van der Waals surface area contributed by atoms with E-state index in [0.717, 1.165) is 5.56 Å². The van der Waals surface area contributed by atoms with Crippen LogP contribution in [0.15, 0.2) is 48.5 Å². The van der Waals surface area contributed by atoms with Crippen molar-refractivity contribution in [3.05, 3.63) is 69.8 Å². The molecule has 0 aliphatic carbocycles. The van der Waals surface area contributed by atoms with Crippen molar-refractivity contribution in [2.45, 2.75) is 26.3 Å². The van der Waals surface area contributed by atoms with Crippen molar-refractivity contribution in [2.24, 2.45) is 0 Å². The summed E-state index contributed by atoms with van der Waals surface area (Å²) in [5.41, 5.74) is 2.16. The predicted octanol–water partition coefficient (Wildman–Crippen LogP) is 3.38. The third-order valence-electron chi connectivity index (χ3n) is 3.48. The van der Waals surface area contributed by atoms with E-state index in [9.17, 15) is 14.9 Å². The molecule has 24 heavy (non-hydrogen) atoms. The van der Waals surface area contributed by atoms with Crippen LogP contribution in [0.1, 0.15) is 24.0 Å². The van der Waals surface area contributed by atoms with Gasteiger partial charge in [-0.25, -0.2) is 0 Å². The van der Waals surface area contributed by atoms with Crippen LogP contribution in [0.25, 0.3) is 0 Å². The van der Waals surface area contributed by atoms with Gasteiger partial charge in [0.05, 0.1) is 11.5 Å². The molecular formula is C18H20N2O4. The number of nitro benzene ring substituents is 1. The summed E-state index contributed by atoms with van der Waals surface area (Å²) in [6.07, 6.45) is 0.804. The molecule has 0 spiro atoms. The van der Waals surface area contributed by atoms with Crippen LogP contribution < -0.4 is 10.1 Å². The fourth-order valence-corrected chi connectivity index (χ4v) is 2.14. The maximum Gasteiger partial charge on any atom is 0.310 e. The predicted molar refractivity (Wildman–Crippen MR) is 90.9 cm³/mol. The summed E-state index contributed by atoms with van der Waals surface area (Å²) < 4.78 is 5.40. The number of benzene rings is 2. The lowest BCUT2D eigenvalue weighted by molar-refractivity contribution is -0.385. The Morgan fingerprint density at radius 2 is 1.88 bits per heavy atom. The molecule has 6 nitrogen and oxygen atoms in total. The Bertz CT molecular complexity index is 698. The average Bonchev–Trinajstić information content (AvgIpc) is 2.58. The minimum absolute atomic E-state index is 0.0678. The number of nitrogens with one attached hydrogen (secondary N) is 1. The first kappa shape index (κ1) is 17.5. The summed E-state index contributed by atoms with van der Waals surface area (Å²) in [6.45, 7) is 2.76. The highest BCUT2D eigenvalue weighted by Gasteiger charge is 2.13. The number of nitrogens with zero attached hydrogens (tertiary/aromatic N) is 1. The lowest BCUT2D eigenvalue weighted by Crippen LogP contribution is -2.22. The van der Waals surface area contributed by atoms with Crippen molar-refractivity contribution < 1.29 is 14.5 Å². The van der Waals surface area contributed by atoms with E-state index >= 15 is 0 Å². The summed E-state index contributed by atoms with van der Waals surface area (Å²) in [5, 5.41) is 13.7. The van der Waals surface area contributed by atoms with Gasteiger partial charge in [-0.15, -0.1) is 0 Å². The van der Waals surface area contributed by atoms with Crippen molar-refractivity contribution in [3.63, 3.8) is 0 Å². The number of para-hydroxylation sites is 2. The highest BCUT2D eigenvalue weighted by molar-refractivity contribution is 5.75. The summed E-state index contributed by atoms with van der Waals surface area (Å²) in [6, 6.07) is 14.2. The summed E-state index contributed by atoms with van der Waals surface area (Å²) in [5.74, 6) is 0.157. The molecule has 0 fully saturated rings. The van der Waals surface area contributed by atoms with Gasteiger partial charge in [-0.2, -0.15) is 0 Å². The molecule has 0 aromatic heterocycles. The molecule has 2 aromatic carbocycles. The van der Waals surface area contributed by atoms with Crippen LogP contribution in [0.3, 0.4) is 0 Å². The maximum atomic E-state index is 11.8. The van der Waals surface area contributed by atoms with Gasteiger partial charge in [0.15, 0.2) is 5.75 Å². The summed E-state index contributed by atoms with van der Waals surface area (Å²) in [4.78, 5) is 22.2. The van der Waals surface area contributed by atoms with Crippen LogP contribution in [-0.2, 0) is 11.3 Å². The van der Waals surface area contributed by atoms with Gasteiger partial charge in [0, 0.05) is 19.0 Å². The van der Waals surface area contributed by atoms with Gasteiger partial charge < -0.3 is 10.1 Å². The number of carbonyl (C=O) groups excluding carboxylic acids is 1. The number of nitro groups is 1. The smallest absolute Gasteiger partial charge is 0.310 e. The number of hydrogen-bond donors (Lipinski definition) is 1. The molecule has 0 aliphatic rings. The van der Waals surface area contributed by atoms with Gasteiger partial charge in [0.2, 0.25) is 5.91 Å². The van der Waals surface area contributed by atoms with E-state index in [1.165, 1.54) is 11.6 Å². The van der Waals surface area contributed by atoms with Crippen molar-refractivity contribution in [2.75, 3.05) is 6.61 Å². The topological polar surface area (TPSA) is 81.5 Å².